The molecule has 0 aliphatic heterocycles. The van der Waals surface area contributed by atoms with Crippen LogP contribution in [0, 0.1) is 21.7 Å². The van der Waals surface area contributed by atoms with Crippen LogP contribution < -0.4 is 5.73 Å². The molecule has 0 aliphatic carbocycles. The molecule has 0 bridgehead atoms. The normalized spacial score (nSPS) is 10.6. The molecule has 5 nitrogen and oxygen atoms in total. The van der Waals surface area contributed by atoms with Crippen LogP contribution in [0.5, 0.6) is 0 Å². The van der Waals surface area contributed by atoms with Gasteiger partial charge in [0.25, 0.3) is 5.69 Å². The van der Waals surface area contributed by atoms with Gasteiger partial charge in [-0.25, -0.2) is 0 Å². The zero-order valence-corrected chi connectivity index (χ0v) is 9.30. The maximum Gasteiger partial charge on any atom is 0.281 e. The number of benzene rings is 1. The predicted octanol–water partition coefficient (Wildman–Crippen LogP) is 2.70. The summed E-state index contributed by atoms with van der Waals surface area (Å²) in [5.74, 6) is 0. The van der Waals surface area contributed by atoms with Crippen LogP contribution in [0.1, 0.15) is 5.56 Å². The zero-order valence-electron chi connectivity index (χ0n) is 8.48. The lowest BCUT2D eigenvalue weighted by Gasteiger charge is -2.05. The molecule has 1 aromatic heterocycles. The minimum atomic E-state index is -0.409. The van der Waals surface area contributed by atoms with Crippen LogP contribution in [0.2, 0.25) is 0 Å². The summed E-state index contributed by atoms with van der Waals surface area (Å²) in [6.45, 7) is 1.66. The second-order valence-electron chi connectivity index (χ2n) is 3.50. The number of aromatic nitrogens is 1. The monoisotopic (exact) mass is 235 g/mol. The Balaban J connectivity index is 3.01. The summed E-state index contributed by atoms with van der Waals surface area (Å²) in [5, 5.41) is 11.4. The molecule has 16 heavy (non-hydrogen) atoms. The molecule has 0 unspecified atom stereocenters. The highest BCUT2D eigenvalue weighted by Gasteiger charge is 2.17. The Morgan fingerprint density at radius 1 is 1.50 bits per heavy atom. The summed E-state index contributed by atoms with van der Waals surface area (Å²) in [6.07, 6.45) is 0. The third-order valence-corrected chi connectivity index (χ3v) is 2.63. The fraction of sp³-hybridized carbons (Fsp3) is 0.100. The van der Waals surface area contributed by atoms with Crippen molar-refractivity contribution in [1.82, 2.24) is 4.98 Å². The van der Waals surface area contributed by atoms with E-state index in [-0.39, 0.29) is 5.69 Å². The first-order valence-corrected chi connectivity index (χ1v) is 4.98. The summed E-state index contributed by atoms with van der Waals surface area (Å²) >= 11 is 4.96. The molecule has 0 radical (unpaired) electrons. The molecule has 1 heterocycles. The van der Waals surface area contributed by atoms with Gasteiger partial charge in [-0.3, -0.25) is 10.1 Å². The third kappa shape index (κ3) is 1.53. The summed E-state index contributed by atoms with van der Waals surface area (Å²) in [6, 6.07) is 4.81. The molecule has 0 saturated heterocycles. The topological polar surface area (TPSA) is 85.0 Å². The summed E-state index contributed by atoms with van der Waals surface area (Å²) in [7, 11) is 0. The number of hydrogen-bond donors (Lipinski definition) is 2. The first-order chi connectivity index (χ1) is 7.50. The number of aromatic amines is 1. The lowest BCUT2D eigenvalue weighted by molar-refractivity contribution is -0.383. The second kappa shape index (κ2) is 3.57. The van der Waals surface area contributed by atoms with Crippen molar-refractivity contribution in [1.29, 1.82) is 0 Å². The fourth-order valence-corrected chi connectivity index (χ4v) is 1.90. The molecular weight excluding hydrogens is 226 g/mol. The van der Waals surface area contributed by atoms with Gasteiger partial charge >= 0.3 is 0 Å². The van der Waals surface area contributed by atoms with E-state index in [0.717, 1.165) is 0 Å². The molecule has 6 heteroatoms. The number of nitro groups is 1. The Morgan fingerprint density at radius 2 is 2.19 bits per heavy atom. The summed E-state index contributed by atoms with van der Waals surface area (Å²) in [4.78, 5) is 13.4. The van der Waals surface area contributed by atoms with Gasteiger partial charge in [0.1, 0.15) is 4.64 Å². The van der Waals surface area contributed by atoms with Gasteiger partial charge in [0, 0.05) is 5.56 Å². The number of nitrogens with two attached hydrogens (primary N) is 1. The molecule has 2 aromatic rings. The second-order valence-corrected chi connectivity index (χ2v) is 3.94. The molecule has 0 amide bonds. The molecule has 2 rings (SSSR count). The standard InChI is InChI=1S/C10H9N3O2S/c1-5-4-7(11)9-6(10(5)13(14)15)2-3-8(16)12-9/h2-4H,11H2,1H3,(H,12,16). The maximum atomic E-state index is 11.0. The number of fused-ring (bicyclic) bond motifs is 1. The van der Waals surface area contributed by atoms with Crippen molar-refractivity contribution in [3.05, 3.63) is 38.5 Å². The van der Waals surface area contributed by atoms with E-state index < -0.39 is 4.92 Å². The van der Waals surface area contributed by atoms with Crippen LogP contribution in [-0.2, 0) is 0 Å². The molecule has 82 valence electrons. The van der Waals surface area contributed by atoms with E-state index >= 15 is 0 Å². The van der Waals surface area contributed by atoms with Gasteiger partial charge in [-0.05, 0) is 25.1 Å². The lowest BCUT2D eigenvalue weighted by atomic mass is 10.1. The zero-order chi connectivity index (χ0) is 11.9. The number of rotatable bonds is 1. The SMILES string of the molecule is Cc1cc(N)c2[nH]c(=S)ccc2c1[N+](=O)[O-]. The van der Waals surface area contributed by atoms with Gasteiger partial charge in [0.05, 0.1) is 21.5 Å². The van der Waals surface area contributed by atoms with Gasteiger partial charge < -0.3 is 10.7 Å². The number of nitro benzene ring substituents is 1. The van der Waals surface area contributed by atoms with E-state index in [2.05, 4.69) is 4.98 Å². The largest absolute Gasteiger partial charge is 0.397 e. The summed E-state index contributed by atoms with van der Waals surface area (Å²) < 4.78 is 0.498. The highest BCUT2D eigenvalue weighted by atomic mass is 32.1. The molecule has 0 spiro atoms. The number of nitrogens with one attached hydrogen (secondary N) is 1. The van der Waals surface area contributed by atoms with Gasteiger partial charge in [-0.1, -0.05) is 12.2 Å². The molecular formula is C10H9N3O2S. The highest BCUT2D eigenvalue weighted by Crippen LogP contribution is 2.31. The first kappa shape index (κ1) is 10.6. The Kier molecular flexibility index (Phi) is 2.35. The van der Waals surface area contributed by atoms with Crippen molar-refractivity contribution < 1.29 is 4.92 Å². The number of nitrogens with zero attached hydrogens (tertiary/aromatic N) is 1. The van der Waals surface area contributed by atoms with Crippen molar-refractivity contribution in [3.8, 4) is 0 Å². The quantitative estimate of drug-likeness (QED) is 0.344. The Hall–Kier alpha value is -1.95. The molecule has 1 aromatic carbocycles. The van der Waals surface area contributed by atoms with Gasteiger partial charge in [0.2, 0.25) is 0 Å². The number of hydrogen-bond acceptors (Lipinski definition) is 4. The first-order valence-electron chi connectivity index (χ1n) is 4.57. The van der Waals surface area contributed by atoms with E-state index in [1.165, 1.54) is 0 Å². The van der Waals surface area contributed by atoms with Gasteiger partial charge in [0.15, 0.2) is 0 Å². The van der Waals surface area contributed by atoms with E-state index in [0.29, 0.717) is 26.8 Å². The van der Waals surface area contributed by atoms with Gasteiger partial charge in [-0.2, -0.15) is 0 Å². The van der Waals surface area contributed by atoms with Gasteiger partial charge in [-0.15, -0.1) is 0 Å². The van der Waals surface area contributed by atoms with E-state index in [1.807, 2.05) is 0 Å². The smallest absolute Gasteiger partial charge is 0.281 e. The van der Waals surface area contributed by atoms with E-state index in [1.54, 1.807) is 25.1 Å². The molecule has 0 aliphatic rings. The molecule has 0 fully saturated rings. The van der Waals surface area contributed by atoms with Crippen LogP contribution in [0.3, 0.4) is 0 Å². The van der Waals surface area contributed by atoms with Crippen LogP contribution in [-0.4, -0.2) is 9.91 Å². The van der Waals surface area contributed by atoms with Crippen molar-refractivity contribution in [3.63, 3.8) is 0 Å². The van der Waals surface area contributed by atoms with Crippen molar-refractivity contribution in [2.24, 2.45) is 0 Å². The molecule has 0 atom stereocenters. The van der Waals surface area contributed by atoms with E-state index in [4.69, 9.17) is 18.0 Å². The number of pyridine rings is 1. The number of H-pyrrole nitrogens is 1. The minimum Gasteiger partial charge on any atom is -0.397 e. The van der Waals surface area contributed by atoms with Crippen LogP contribution in [0.25, 0.3) is 10.9 Å². The lowest BCUT2D eigenvalue weighted by Crippen LogP contribution is -1.98. The van der Waals surface area contributed by atoms with Crippen LogP contribution >= 0.6 is 12.2 Å². The Labute approximate surface area is 96.0 Å². The number of aryl methyl sites for hydroxylation is 1. The minimum absolute atomic E-state index is 0.0652. The third-order valence-electron chi connectivity index (χ3n) is 2.39. The number of anilines is 1. The number of nitrogen functional groups attached to an aromatic ring is 1. The Bertz CT molecular complexity index is 648. The average molecular weight is 235 g/mol. The average Bonchev–Trinajstić information content (AvgIpc) is 2.18. The molecule has 0 saturated carbocycles. The van der Waals surface area contributed by atoms with Crippen molar-refractivity contribution >= 4 is 34.5 Å². The van der Waals surface area contributed by atoms with E-state index in [9.17, 15) is 10.1 Å². The van der Waals surface area contributed by atoms with Crippen molar-refractivity contribution in [2.45, 2.75) is 6.92 Å². The fourth-order valence-electron chi connectivity index (χ4n) is 1.73. The predicted molar refractivity (Wildman–Crippen MR) is 64.9 cm³/mol. The van der Waals surface area contributed by atoms with Crippen LogP contribution in [0.15, 0.2) is 18.2 Å². The van der Waals surface area contributed by atoms with Crippen molar-refractivity contribution in [2.75, 3.05) is 5.73 Å². The highest BCUT2D eigenvalue weighted by molar-refractivity contribution is 7.71. The maximum absolute atomic E-state index is 11.0. The molecule has 3 N–H and O–H groups in total. The Morgan fingerprint density at radius 3 is 2.81 bits per heavy atom. The summed E-state index contributed by atoms with van der Waals surface area (Å²) in [5.41, 5.74) is 7.38. The van der Waals surface area contributed by atoms with Crippen LogP contribution in [0.4, 0.5) is 11.4 Å².